The minimum absolute atomic E-state index is 0.000784. The summed E-state index contributed by atoms with van der Waals surface area (Å²) in [5.41, 5.74) is 15.0. The van der Waals surface area contributed by atoms with Crippen molar-refractivity contribution in [2.45, 2.75) is 0 Å². The lowest BCUT2D eigenvalue weighted by atomic mass is 9.95. The van der Waals surface area contributed by atoms with Crippen molar-refractivity contribution in [1.82, 2.24) is 15.0 Å². The van der Waals surface area contributed by atoms with Crippen molar-refractivity contribution in [3.63, 3.8) is 0 Å². The van der Waals surface area contributed by atoms with Crippen molar-refractivity contribution < 1.29 is 8.83 Å². The van der Waals surface area contributed by atoms with E-state index in [1.165, 1.54) is 11.1 Å². The van der Waals surface area contributed by atoms with E-state index in [1.54, 1.807) is 0 Å². The Kier molecular flexibility index (Phi) is 35.4. The van der Waals surface area contributed by atoms with Crippen LogP contribution in [0.3, 0.4) is 0 Å². The molecule has 0 bridgehead atoms. The van der Waals surface area contributed by atoms with E-state index in [9.17, 15) is 0 Å². The second kappa shape index (κ2) is 40.6. The number of hydrogen-bond donors (Lipinski definition) is 0. The molecule has 0 saturated heterocycles. The molecule has 0 aliphatic heterocycles. The molecule has 22 atom stereocenters. The number of hydrogen-bond acceptors (Lipinski definition) is 5. The molecular weight excluding hydrogens is 1840 g/mol. The average molecular weight is 1920 g/mol. The lowest BCUT2D eigenvalue weighted by molar-refractivity contribution is 0.669. The van der Waals surface area contributed by atoms with E-state index in [4.69, 9.17) is 23.8 Å². The standard InChI is InChI=1S/C57H35N3O2.H37P35/c1-4-13-36(14-5-1)38-25-27-39(28-26-38)42-29-31-49-47(34-42)53-45(21-11-23-51(53)61-49)43-30-32-50-48(35-43)54-46(22-12-24-52(54)62-50)57-59-55(40-17-8-3-9-18-40)58-56(60-57)44-20-10-19-41(33-44)37-15-6-2-7-16-37;1-19-28(18)33(29(20(2)3)21(4)5)35(32(26(14)15)27(16)17)34(30(22(6)7)23(8)9)31(24(10)11)25(12)13/h1-35H;19H,1-18H2. The van der Waals surface area contributed by atoms with E-state index < -0.39 is 0 Å². The Morgan fingerprint density at radius 2 is 0.567 bits per heavy atom. The molecule has 0 amide bonds. The molecule has 0 fully saturated rings. The molecular formula is C57H72N3O2P35. The number of rotatable bonds is 23. The Bertz CT molecular complexity index is 4570. The van der Waals surface area contributed by atoms with Crippen LogP contribution in [0.5, 0.6) is 0 Å². The Morgan fingerprint density at radius 3 is 1.04 bits per heavy atom. The van der Waals surface area contributed by atoms with Gasteiger partial charge in [-0.3, -0.25) is 0 Å². The number of furan rings is 2. The fraction of sp³-hybridized carbons (Fsp3) is 0. The van der Waals surface area contributed by atoms with Gasteiger partial charge in [-0.15, -0.1) is 161 Å². The molecule has 0 N–H and O–H groups in total. The van der Waals surface area contributed by atoms with Crippen LogP contribution in [-0.2, 0) is 0 Å². The van der Waals surface area contributed by atoms with E-state index in [0.29, 0.717) is 17.5 Å². The Morgan fingerprint density at radius 1 is 0.247 bits per heavy atom. The van der Waals surface area contributed by atoms with E-state index in [0.717, 1.165) is 102 Å². The van der Waals surface area contributed by atoms with Crippen molar-refractivity contribution in [3.05, 3.63) is 212 Å². The first-order valence-electron chi connectivity index (χ1n) is 28.6. The predicted octanol–water partition coefficient (Wildman–Crippen LogP) is 35.6. The molecule has 40 heteroatoms. The van der Waals surface area contributed by atoms with Gasteiger partial charge in [0.15, 0.2) is 17.5 Å². The maximum atomic E-state index is 6.55. The first kappa shape index (κ1) is 84.5. The first-order valence-corrected chi connectivity index (χ1v) is 91.9. The topological polar surface area (TPSA) is 65.0 Å². The molecule has 3 heterocycles. The molecule has 12 aromatic rings. The van der Waals surface area contributed by atoms with E-state index >= 15 is 0 Å². The number of fused-ring (bicyclic) bond motifs is 6. The third-order valence-corrected chi connectivity index (χ3v) is 250. The van der Waals surface area contributed by atoms with Crippen molar-refractivity contribution in [2.75, 3.05) is 0 Å². The fourth-order valence-electron chi connectivity index (χ4n) is 10.7. The maximum Gasteiger partial charge on any atom is 0.164 e. The van der Waals surface area contributed by atoms with Gasteiger partial charge in [0.05, 0.1) is 0 Å². The van der Waals surface area contributed by atoms with Crippen LogP contribution >= 0.6 is 280 Å². The molecule has 0 aliphatic rings. The third kappa shape index (κ3) is 21.0. The quantitative estimate of drug-likeness (QED) is 0.0597. The molecule has 0 spiro atoms. The summed E-state index contributed by atoms with van der Waals surface area (Å²) < 4.78 is 13.0. The second-order valence-electron chi connectivity index (χ2n) is 20.9. The van der Waals surface area contributed by atoms with Gasteiger partial charge in [0.1, 0.15) is 22.3 Å². The summed E-state index contributed by atoms with van der Waals surface area (Å²) in [6, 6.07) is 73.4. The van der Waals surface area contributed by atoms with Gasteiger partial charge in [-0.2, -0.15) is 0 Å². The summed E-state index contributed by atoms with van der Waals surface area (Å²) >= 11 is 0. The third-order valence-electron chi connectivity index (χ3n) is 14.7. The highest BCUT2D eigenvalue weighted by molar-refractivity contribution is 9.46. The summed E-state index contributed by atoms with van der Waals surface area (Å²) in [4.78, 5) is 15.4. The van der Waals surface area contributed by atoms with E-state index in [1.807, 2.05) is 54.6 Å². The number of aromatic nitrogens is 3. The zero-order valence-corrected chi connectivity index (χ0v) is 87.5. The summed E-state index contributed by atoms with van der Waals surface area (Å²) in [5, 5.41) is 4.07. The van der Waals surface area contributed by atoms with Gasteiger partial charge in [-0.05, 0) is 199 Å². The van der Waals surface area contributed by atoms with Crippen molar-refractivity contribution in [2.24, 2.45) is 0 Å². The van der Waals surface area contributed by atoms with Crippen LogP contribution in [0.1, 0.15) is 0 Å². The van der Waals surface area contributed by atoms with Crippen LogP contribution < -0.4 is 0 Å². The molecule has 12 rings (SSSR count). The summed E-state index contributed by atoms with van der Waals surface area (Å²) in [5.74, 6) is 1.78. The van der Waals surface area contributed by atoms with Crippen LogP contribution in [0, 0.1) is 0 Å². The van der Waals surface area contributed by atoms with E-state index in [2.05, 4.69) is 318 Å². The Hall–Kier alpha value is 6.64. The lowest BCUT2D eigenvalue weighted by Gasteiger charge is -2.54. The maximum absolute atomic E-state index is 6.55. The molecule has 0 aliphatic carbocycles. The zero-order chi connectivity index (χ0) is 68.9. The van der Waals surface area contributed by atoms with Gasteiger partial charge < -0.3 is 8.83 Å². The van der Waals surface area contributed by atoms with Crippen LogP contribution in [0.25, 0.3) is 123 Å². The average Bonchev–Trinajstić information content (AvgIpc) is 1.68. The molecule has 5 nitrogen and oxygen atoms in total. The minimum atomic E-state index is -0.0908. The molecule has 9 aromatic carbocycles. The first-order chi connectivity index (χ1) is 46.6. The highest BCUT2D eigenvalue weighted by Crippen LogP contribution is 3.40. The molecule has 97 heavy (non-hydrogen) atoms. The van der Waals surface area contributed by atoms with Gasteiger partial charge in [0.25, 0.3) is 0 Å². The van der Waals surface area contributed by atoms with Crippen molar-refractivity contribution >= 4 is 324 Å². The monoisotopic (exact) mass is 1910 g/mol. The highest BCUT2D eigenvalue weighted by Gasteiger charge is 2.53. The van der Waals surface area contributed by atoms with Gasteiger partial charge in [-0.25, -0.2) is 15.0 Å². The second-order valence-corrected chi connectivity index (χ2v) is 161. The smallest absolute Gasteiger partial charge is 0.164 e. The molecule has 22 unspecified atom stereocenters. The SMILES string of the molecule is PPP(P)P(P(P(P)P)P(P)P)P(P(P(P)P)P(P)P)P(P(P(P)P)P(P)P)P(P(P)P)P(P)P.c1ccc(-c2ccc(-c3ccc4oc5cccc(-c6ccc7oc8cccc(-c9nc(-c%10ccccc%10)nc(-c%10cccc(-c%11ccccc%11)c%10)n9)c8c7c6)c5c4c3)cc2)cc1. The number of benzene rings is 9. The predicted molar refractivity (Wildman–Crippen MR) is 546 cm³/mol. The summed E-state index contributed by atoms with van der Waals surface area (Å²) in [7, 11) is 61.2. The van der Waals surface area contributed by atoms with Crippen molar-refractivity contribution in [1.29, 1.82) is 0 Å². The Balaban J connectivity index is 0.000000235. The fourth-order valence-corrected chi connectivity index (χ4v) is 480. The molecule has 3 aromatic heterocycles. The van der Waals surface area contributed by atoms with Gasteiger partial charge >= 0.3 is 0 Å². The normalized spacial score (nSPS) is 13.5. The Labute approximate surface area is 632 Å². The van der Waals surface area contributed by atoms with Gasteiger partial charge in [-0.1, -0.05) is 178 Å². The summed E-state index contributed by atoms with van der Waals surface area (Å²) in [6.45, 7) is -0.621. The lowest BCUT2D eigenvalue weighted by Crippen LogP contribution is -2.00. The van der Waals surface area contributed by atoms with E-state index in [-0.39, 0.29) is 112 Å². The summed E-state index contributed by atoms with van der Waals surface area (Å²) in [6.07, 6.45) is 0. The zero-order valence-electron chi connectivity index (χ0n) is 51.4. The molecule has 0 saturated carbocycles. The van der Waals surface area contributed by atoms with Crippen LogP contribution in [0.4, 0.5) is 0 Å². The van der Waals surface area contributed by atoms with Gasteiger partial charge in [0.2, 0.25) is 0 Å². The molecule has 502 valence electrons. The minimum Gasteiger partial charge on any atom is -0.456 e. The molecule has 0 radical (unpaired) electrons. The number of nitrogens with zero attached hydrogens (tertiary/aromatic N) is 3. The highest BCUT2D eigenvalue weighted by atomic mass is 33.5. The van der Waals surface area contributed by atoms with Crippen LogP contribution in [-0.4, -0.2) is 15.0 Å². The van der Waals surface area contributed by atoms with Gasteiger partial charge in [0, 0.05) is 38.2 Å². The largest absolute Gasteiger partial charge is 0.456 e. The van der Waals surface area contributed by atoms with Crippen molar-refractivity contribution in [3.8, 4) is 78.7 Å². The van der Waals surface area contributed by atoms with Crippen LogP contribution in [0.15, 0.2) is 221 Å². The van der Waals surface area contributed by atoms with Crippen LogP contribution in [0.2, 0.25) is 0 Å².